The summed E-state index contributed by atoms with van der Waals surface area (Å²) in [5, 5.41) is 6.44. The number of rotatable bonds is 9. The van der Waals surface area contributed by atoms with E-state index in [1.54, 1.807) is 30.3 Å². The highest BCUT2D eigenvalue weighted by molar-refractivity contribution is 6.01. The molecule has 0 aliphatic carbocycles. The van der Waals surface area contributed by atoms with Crippen LogP contribution in [0, 0.1) is 0 Å². The smallest absolute Gasteiger partial charge is 0.496 e. The van der Waals surface area contributed by atoms with Crippen LogP contribution in [0.1, 0.15) is 55.6 Å². The van der Waals surface area contributed by atoms with Crippen molar-refractivity contribution in [1.82, 2.24) is 29.6 Å². The molecule has 0 spiro atoms. The van der Waals surface area contributed by atoms with Crippen LogP contribution in [0.4, 0.5) is 23.7 Å². The zero-order valence-electron chi connectivity index (χ0n) is 32.1. The first-order valence-electron chi connectivity index (χ1n) is 19.1. The molecule has 2 aromatic heterocycles. The Labute approximate surface area is 327 Å². The number of aromatic nitrogens is 2. The molecule has 3 aliphatic heterocycles. The Bertz CT molecular complexity index is 2200. The number of alkyl halides is 3. The van der Waals surface area contributed by atoms with Gasteiger partial charge in [-0.3, -0.25) is 29.6 Å². The summed E-state index contributed by atoms with van der Waals surface area (Å²) in [4.78, 5) is 59.7. The van der Waals surface area contributed by atoms with E-state index in [-0.39, 0.29) is 53.1 Å². The number of pyridine rings is 2. The number of imide groups is 1. The number of amides is 4. The van der Waals surface area contributed by atoms with Crippen molar-refractivity contribution in [2.75, 3.05) is 45.7 Å². The number of nitrogens with one attached hydrogen (secondary N) is 2. The molecule has 302 valence electrons. The van der Waals surface area contributed by atoms with E-state index in [1.165, 1.54) is 35.7 Å². The van der Waals surface area contributed by atoms with Gasteiger partial charge in [0.1, 0.15) is 17.5 Å². The third kappa shape index (κ3) is 8.85. The third-order valence-corrected chi connectivity index (χ3v) is 11.4. The molecule has 2 aromatic carbocycles. The predicted octanol–water partition coefficient (Wildman–Crippen LogP) is 5.62. The van der Waals surface area contributed by atoms with Gasteiger partial charge in [-0.05, 0) is 84.9 Å². The lowest BCUT2D eigenvalue weighted by Crippen LogP contribution is -2.51. The number of likely N-dealkylation sites (tertiary alicyclic amines) is 2. The molecule has 2 N–H and O–H groups in total. The van der Waals surface area contributed by atoms with Crippen LogP contribution in [0.25, 0.3) is 21.9 Å². The number of hydrogen-bond acceptors (Lipinski definition) is 9. The van der Waals surface area contributed by atoms with Crippen molar-refractivity contribution in [2.24, 2.45) is 7.05 Å². The summed E-state index contributed by atoms with van der Waals surface area (Å²) < 4.78 is 53.1. The summed E-state index contributed by atoms with van der Waals surface area (Å²) in [5.74, 6) is -0.431. The lowest BCUT2D eigenvalue weighted by Gasteiger charge is -2.40. The monoisotopic (exact) mass is 789 g/mol. The molecule has 5 heterocycles. The number of aryl methyl sites for hydroxylation is 1. The minimum absolute atomic E-state index is 0.0291. The lowest BCUT2D eigenvalue weighted by atomic mass is 9.89. The van der Waals surface area contributed by atoms with Crippen LogP contribution >= 0.6 is 0 Å². The first kappa shape index (κ1) is 39.6. The van der Waals surface area contributed by atoms with Crippen LogP contribution in [-0.4, -0.2) is 101 Å². The number of carbonyl (C=O) groups excluding carboxylic acids is 3. The number of urea groups is 1. The fourth-order valence-corrected chi connectivity index (χ4v) is 8.23. The van der Waals surface area contributed by atoms with Crippen molar-refractivity contribution < 1.29 is 37.0 Å². The summed E-state index contributed by atoms with van der Waals surface area (Å²) in [6, 6.07) is 12.1. The Morgan fingerprint density at radius 3 is 2.33 bits per heavy atom. The number of benzene rings is 2. The largest absolute Gasteiger partial charge is 0.573 e. The topological polar surface area (TPSA) is 138 Å². The van der Waals surface area contributed by atoms with Crippen molar-refractivity contribution >= 4 is 34.3 Å². The minimum Gasteiger partial charge on any atom is -0.496 e. The molecule has 3 aliphatic rings. The van der Waals surface area contributed by atoms with Gasteiger partial charge in [-0.25, -0.2) is 4.79 Å². The molecular formula is C41H46F3N7O6. The molecule has 4 aromatic rings. The number of carbonyl (C=O) groups is 3. The highest BCUT2D eigenvalue weighted by atomic mass is 19.4. The number of halogens is 3. The third-order valence-electron chi connectivity index (χ3n) is 11.4. The summed E-state index contributed by atoms with van der Waals surface area (Å²) in [5.41, 5.74) is 2.87. The van der Waals surface area contributed by atoms with Gasteiger partial charge < -0.3 is 29.2 Å². The summed E-state index contributed by atoms with van der Waals surface area (Å²) in [6.07, 6.45) is 3.26. The van der Waals surface area contributed by atoms with Crippen LogP contribution in [-0.2, 0) is 23.2 Å². The van der Waals surface area contributed by atoms with E-state index < -0.39 is 12.4 Å². The van der Waals surface area contributed by atoms with E-state index in [9.17, 15) is 32.3 Å². The van der Waals surface area contributed by atoms with Crippen molar-refractivity contribution in [1.29, 1.82) is 0 Å². The Hall–Kier alpha value is -5.64. The van der Waals surface area contributed by atoms with Crippen LogP contribution in [0.2, 0.25) is 0 Å². The number of methoxy groups -OCH3 is 1. The predicted molar refractivity (Wildman–Crippen MR) is 207 cm³/mol. The molecule has 16 heteroatoms. The molecule has 0 radical (unpaired) electrons. The standard InChI is InChI=1S/C41H46F3N7O6/c1-48-23-32(30-10-15-45-22-31(30)39(48)54)27-20-35(56-3)33(36(21-27)57-41(42,43)44)24-50-16-13-29(14-17-50)49(2)40(55)51-18-11-26(12-19-51)25-4-6-28(7-5-25)46-34-8-9-37(52)47-38(34)53/h4-7,10,15,20-23,26,29,34,46H,8-9,11-14,16-19,24H2,1-3H3,(H,47,52,53). The van der Waals surface area contributed by atoms with E-state index in [4.69, 9.17) is 4.74 Å². The molecule has 0 bridgehead atoms. The summed E-state index contributed by atoms with van der Waals surface area (Å²) in [6.45, 7) is 2.47. The fourth-order valence-electron chi connectivity index (χ4n) is 8.23. The number of fused-ring (bicyclic) bond motifs is 1. The van der Waals surface area contributed by atoms with Crippen LogP contribution in [0.5, 0.6) is 11.5 Å². The van der Waals surface area contributed by atoms with Crippen molar-refractivity contribution in [3.8, 4) is 22.6 Å². The van der Waals surface area contributed by atoms with E-state index in [1.807, 2.05) is 41.1 Å². The van der Waals surface area contributed by atoms with Gasteiger partial charge in [-0.1, -0.05) is 12.1 Å². The van der Waals surface area contributed by atoms with Crippen molar-refractivity contribution in [2.45, 2.75) is 69.4 Å². The molecular weight excluding hydrogens is 743 g/mol. The second-order valence-electron chi connectivity index (χ2n) is 15.0. The Morgan fingerprint density at radius 1 is 0.965 bits per heavy atom. The first-order chi connectivity index (χ1) is 27.3. The van der Waals surface area contributed by atoms with Crippen LogP contribution in [0.15, 0.2) is 65.8 Å². The van der Waals surface area contributed by atoms with Gasteiger partial charge in [0.05, 0.1) is 18.1 Å². The second-order valence-corrected chi connectivity index (χ2v) is 15.0. The quantitative estimate of drug-likeness (QED) is 0.207. The highest BCUT2D eigenvalue weighted by Gasteiger charge is 2.35. The molecule has 1 unspecified atom stereocenters. The Morgan fingerprint density at radius 2 is 1.67 bits per heavy atom. The molecule has 57 heavy (non-hydrogen) atoms. The number of nitrogens with zero attached hydrogens (tertiary/aromatic N) is 5. The maximum Gasteiger partial charge on any atom is 0.573 e. The molecule has 3 fully saturated rings. The number of hydrogen-bond donors (Lipinski definition) is 2. The lowest BCUT2D eigenvalue weighted by molar-refractivity contribution is -0.275. The molecule has 4 amide bonds. The van der Waals surface area contributed by atoms with Crippen LogP contribution in [0.3, 0.4) is 0 Å². The Kier molecular flexibility index (Phi) is 11.4. The van der Waals surface area contributed by atoms with Crippen molar-refractivity contribution in [3.05, 3.63) is 82.5 Å². The maximum atomic E-state index is 13.8. The normalized spacial score (nSPS) is 18.7. The van der Waals surface area contributed by atoms with E-state index in [0.717, 1.165) is 18.5 Å². The fraction of sp³-hybridized carbons (Fsp3) is 0.439. The molecule has 1 atom stereocenters. The SMILES string of the molecule is COc1cc(-c2cn(C)c(=O)c3cnccc23)cc(OC(F)(F)F)c1CN1CCC(N(C)C(=O)N2CCC(c3ccc(NC4CCC(=O)NC4=O)cc3)CC2)CC1. The van der Waals surface area contributed by atoms with Gasteiger partial charge in [-0.2, -0.15) is 0 Å². The van der Waals surface area contributed by atoms with Crippen LogP contribution < -0.4 is 25.7 Å². The molecule has 13 nitrogen and oxygen atoms in total. The highest BCUT2D eigenvalue weighted by Crippen LogP contribution is 2.40. The molecule has 7 rings (SSSR count). The number of anilines is 1. The zero-order chi connectivity index (χ0) is 40.4. The average molecular weight is 790 g/mol. The average Bonchev–Trinajstić information content (AvgIpc) is 3.20. The van der Waals surface area contributed by atoms with Gasteiger partial charge in [0, 0.05) is 89.1 Å². The number of ether oxygens (including phenoxy) is 2. The minimum atomic E-state index is -4.96. The zero-order valence-corrected chi connectivity index (χ0v) is 32.1. The Balaban J connectivity index is 0.960. The van der Waals surface area contributed by atoms with E-state index >= 15 is 0 Å². The van der Waals surface area contributed by atoms with Gasteiger partial charge >= 0.3 is 12.4 Å². The maximum absolute atomic E-state index is 13.8. The van der Waals surface area contributed by atoms with Gasteiger partial charge in [0.15, 0.2) is 0 Å². The second kappa shape index (κ2) is 16.5. The van der Waals surface area contributed by atoms with Gasteiger partial charge in [-0.15, -0.1) is 13.2 Å². The molecule has 3 saturated heterocycles. The van der Waals surface area contributed by atoms with E-state index in [2.05, 4.69) is 20.4 Å². The summed E-state index contributed by atoms with van der Waals surface area (Å²) >= 11 is 0. The van der Waals surface area contributed by atoms with Crippen molar-refractivity contribution in [3.63, 3.8) is 0 Å². The van der Waals surface area contributed by atoms with Gasteiger partial charge in [0.25, 0.3) is 5.56 Å². The number of piperidine rings is 3. The summed E-state index contributed by atoms with van der Waals surface area (Å²) in [7, 11) is 4.79. The van der Waals surface area contributed by atoms with E-state index in [0.29, 0.717) is 79.7 Å². The molecule has 0 saturated carbocycles. The first-order valence-corrected chi connectivity index (χ1v) is 19.1. The van der Waals surface area contributed by atoms with Gasteiger partial charge in [0.2, 0.25) is 11.8 Å².